The van der Waals surface area contributed by atoms with Crippen molar-refractivity contribution in [1.29, 1.82) is 0 Å². The number of ether oxygens (including phenoxy) is 2. The number of amides is 3. The van der Waals surface area contributed by atoms with Gasteiger partial charge in [-0.25, -0.2) is 9.18 Å². The molecule has 1 aromatic carbocycles. The Bertz CT molecular complexity index is 932. The molecule has 8 nitrogen and oxygen atoms in total. The molecule has 0 radical (unpaired) electrons. The highest BCUT2D eigenvalue weighted by Gasteiger charge is 2.47. The summed E-state index contributed by atoms with van der Waals surface area (Å²) in [6.07, 6.45) is 8.19. The molecule has 1 aromatic rings. The van der Waals surface area contributed by atoms with Gasteiger partial charge >= 0.3 is 6.09 Å². The Kier molecular flexibility index (Phi) is 7.00. The van der Waals surface area contributed by atoms with Crippen LogP contribution in [-0.2, 0) is 9.53 Å². The van der Waals surface area contributed by atoms with E-state index in [4.69, 9.17) is 15.2 Å². The minimum atomic E-state index is -0.707. The van der Waals surface area contributed by atoms with E-state index in [1.165, 1.54) is 25.0 Å². The number of nitrogens with zero attached hydrogens (tertiary/aromatic N) is 1. The fourth-order valence-corrected chi connectivity index (χ4v) is 5.09. The number of hydrogen-bond donors (Lipinski definition) is 2. The van der Waals surface area contributed by atoms with Crippen LogP contribution < -0.4 is 15.8 Å². The molecular formula is C25H34FN3O5. The molecule has 3 N–H and O–H groups in total. The largest absolute Gasteiger partial charge is 0.493 e. The number of nitrogens with two attached hydrogens (primary N) is 1. The van der Waals surface area contributed by atoms with Gasteiger partial charge in [0.2, 0.25) is 5.91 Å². The lowest BCUT2D eigenvalue weighted by Gasteiger charge is -2.52. The number of rotatable bonds is 9. The van der Waals surface area contributed by atoms with Crippen LogP contribution in [0.25, 0.3) is 0 Å². The summed E-state index contributed by atoms with van der Waals surface area (Å²) in [7, 11) is 0. The van der Waals surface area contributed by atoms with E-state index in [2.05, 4.69) is 5.32 Å². The van der Waals surface area contributed by atoms with Gasteiger partial charge in [0, 0.05) is 19.2 Å². The highest BCUT2D eigenvalue weighted by atomic mass is 19.1. The molecule has 1 spiro atoms. The number of carbonyl (C=O) groups excluding carboxylic acids is 3. The van der Waals surface area contributed by atoms with Crippen LogP contribution in [0.5, 0.6) is 5.75 Å². The Hall–Kier alpha value is -2.84. The molecule has 3 aliphatic rings. The number of primary amides is 1. The molecular weight excluding hydrogens is 441 g/mol. The summed E-state index contributed by atoms with van der Waals surface area (Å²) in [5.74, 6) is -1.06. The predicted octanol–water partition coefficient (Wildman–Crippen LogP) is 3.38. The van der Waals surface area contributed by atoms with Crippen molar-refractivity contribution in [3.63, 3.8) is 0 Å². The van der Waals surface area contributed by atoms with Gasteiger partial charge in [-0.3, -0.25) is 9.59 Å². The summed E-state index contributed by atoms with van der Waals surface area (Å²) < 4.78 is 25.4. The molecule has 0 bridgehead atoms. The van der Waals surface area contributed by atoms with Crippen LogP contribution >= 0.6 is 0 Å². The van der Waals surface area contributed by atoms with Crippen LogP contribution in [0.15, 0.2) is 18.2 Å². The normalized spacial score (nSPS) is 20.4. The first-order valence-electron chi connectivity index (χ1n) is 12.1. The summed E-state index contributed by atoms with van der Waals surface area (Å²) in [4.78, 5) is 36.8. The SMILES string of the molecule is CC1(OC(=O)N2CCC3(CC2)CC(CCCOc2ccc(C(=O)NCC(N)=O)c(F)c2)C3)CC1. The summed E-state index contributed by atoms with van der Waals surface area (Å²) >= 11 is 0. The molecule has 4 rings (SSSR count). The Morgan fingerprint density at radius 2 is 1.88 bits per heavy atom. The molecule has 1 saturated heterocycles. The second kappa shape index (κ2) is 9.80. The maximum Gasteiger partial charge on any atom is 0.410 e. The molecule has 0 atom stereocenters. The maximum atomic E-state index is 14.2. The molecule has 3 amide bonds. The third-order valence-electron chi connectivity index (χ3n) is 7.45. The molecule has 2 saturated carbocycles. The molecule has 3 fully saturated rings. The van der Waals surface area contributed by atoms with Crippen molar-refractivity contribution in [2.45, 2.75) is 63.9 Å². The quantitative estimate of drug-likeness (QED) is 0.532. The number of carbonyl (C=O) groups is 3. The van der Waals surface area contributed by atoms with E-state index < -0.39 is 17.6 Å². The van der Waals surface area contributed by atoms with E-state index in [1.54, 1.807) is 6.07 Å². The monoisotopic (exact) mass is 475 g/mol. The molecule has 0 aromatic heterocycles. The molecule has 0 unspecified atom stereocenters. The number of piperidine rings is 1. The third-order valence-corrected chi connectivity index (χ3v) is 7.45. The number of nitrogens with one attached hydrogen (secondary N) is 1. The van der Waals surface area contributed by atoms with Crippen LogP contribution in [0.1, 0.15) is 68.6 Å². The van der Waals surface area contributed by atoms with Crippen LogP contribution in [0, 0.1) is 17.2 Å². The van der Waals surface area contributed by atoms with Crippen molar-refractivity contribution < 1.29 is 28.2 Å². The zero-order valence-corrected chi connectivity index (χ0v) is 19.7. The van der Waals surface area contributed by atoms with Crippen LogP contribution in [0.4, 0.5) is 9.18 Å². The van der Waals surface area contributed by atoms with Gasteiger partial charge in [-0.15, -0.1) is 0 Å². The van der Waals surface area contributed by atoms with Gasteiger partial charge in [0.1, 0.15) is 17.2 Å². The first-order chi connectivity index (χ1) is 16.2. The van der Waals surface area contributed by atoms with Crippen LogP contribution in [0.3, 0.4) is 0 Å². The van der Waals surface area contributed by atoms with Gasteiger partial charge in [-0.1, -0.05) is 0 Å². The molecule has 1 aliphatic heterocycles. The Labute approximate surface area is 199 Å². The summed E-state index contributed by atoms with van der Waals surface area (Å²) in [6, 6.07) is 4.06. The van der Waals surface area contributed by atoms with Crippen molar-refractivity contribution in [2.75, 3.05) is 26.2 Å². The van der Waals surface area contributed by atoms with Crippen LogP contribution in [0.2, 0.25) is 0 Å². The van der Waals surface area contributed by atoms with Crippen molar-refractivity contribution in [3.8, 4) is 5.75 Å². The minimum absolute atomic E-state index is 0.154. The second-order valence-corrected chi connectivity index (χ2v) is 10.4. The second-order valence-electron chi connectivity index (χ2n) is 10.4. The highest BCUT2D eigenvalue weighted by Crippen LogP contribution is 2.54. The maximum absolute atomic E-state index is 14.2. The van der Waals surface area contributed by atoms with E-state index in [0.717, 1.165) is 51.6 Å². The average Bonchev–Trinajstić information content (AvgIpc) is 3.50. The standard InChI is InChI=1S/C25H34FN3O5/c1-24(6-7-24)34-23(32)29-10-8-25(9-11-29)14-17(15-25)3-2-12-33-18-4-5-19(20(26)13-18)22(31)28-16-21(27)30/h4-5,13,17H,2-3,6-12,14-16H2,1H3,(H2,27,30)(H,28,31). The molecule has 186 valence electrons. The molecule has 34 heavy (non-hydrogen) atoms. The zero-order valence-electron chi connectivity index (χ0n) is 19.7. The number of halogens is 1. The van der Waals surface area contributed by atoms with Gasteiger partial charge in [-0.2, -0.15) is 0 Å². The number of hydrogen-bond acceptors (Lipinski definition) is 5. The summed E-state index contributed by atoms with van der Waals surface area (Å²) in [6.45, 7) is 3.70. The smallest absolute Gasteiger partial charge is 0.410 e. The van der Waals surface area contributed by atoms with Gasteiger partial charge < -0.3 is 25.4 Å². The lowest BCUT2D eigenvalue weighted by atomic mass is 9.56. The number of likely N-dealkylation sites (tertiary alicyclic amines) is 1. The van der Waals surface area contributed by atoms with E-state index >= 15 is 0 Å². The topological polar surface area (TPSA) is 111 Å². The van der Waals surface area contributed by atoms with Gasteiger partial charge in [0.25, 0.3) is 5.91 Å². The fourth-order valence-electron chi connectivity index (χ4n) is 5.09. The summed E-state index contributed by atoms with van der Waals surface area (Å²) in [5, 5.41) is 2.26. The Balaban J connectivity index is 1.11. The Morgan fingerprint density at radius 1 is 1.18 bits per heavy atom. The van der Waals surface area contributed by atoms with Crippen molar-refractivity contribution in [1.82, 2.24) is 10.2 Å². The molecule has 2 aliphatic carbocycles. The minimum Gasteiger partial charge on any atom is -0.493 e. The molecule has 9 heteroatoms. The van der Waals surface area contributed by atoms with Crippen molar-refractivity contribution in [2.24, 2.45) is 17.1 Å². The third kappa shape index (κ3) is 5.98. The van der Waals surface area contributed by atoms with Crippen molar-refractivity contribution in [3.05, 3.63) is 29.6 Å². The lowest BCUT2D eigenvalue weighted by Crippen LogP contribution is -2.49. The highest BCUT2D eigenvalue weighted by molar-refractivity contribution is 5.96. The predicted molar refractivity (Wildman–Crippen MR) is 123 cm³/mol. The van der Waals surface area contributed by atoms with E-state index in [0.29, 0.717) is 23.7 Å². The average molecular weight is 476 g/mol. The first-order valence-corrected chi connectivity index (χ1v) is 12.1. The van der Waals surface area contributed by atoms with Crippen molar-refractivity contribution >= 4 is 17.9 Å². The van der Waals surface area contributed by atoms with E-state index in [9.17, 15) is 18.8 Å². The van der Waals surface area contributed by atoms with E-state index in [-0.39, 0.29) is 23.8 Å². The Morgan fingerprint density at radius 3 is 2.50 bits per heavy atom. The molecule has 1 heterocycles. The lowest BCUT2D eigenvalue weighted by molar-refractivity contribution is -0.117. The zero-order chi connectivity index (χ0) is 24.3. The van der Waals surface area contributed by atoms with Crippen LogP contribution in [-0.4, -0.2) is 54.6 Å². The van der Waals surface area contributed by atoms with E-state index in [1.807, 2.05) is 11.8 Å². The van der Waals surface area contributed by atoms with Gasteiger partial charge in [0.15, 0.2) is 0 Å². The first kappa shape index (κ1) is 24.3. The summed E-state index contributed by atoms with van der Waals surface area (Å²) in [5.41, 5.74) is 4.97. The van der Waals surface area contributed by atoms with Gasteiger partial charge in [-0.05, 0) is 81.8 Å². The fraction of sp³-hybridized carbons (Fsp3) is 0.640. The van der Waals surface area contributed by atoms with Gasteiger partial charge in [0.05, 0.1) is 18.7 Å². The number of benzene rings is 1.